The van der Waals surface area contributed by atoms with Crippen molar-refractivity contribution in [2.75, 3.05) is 0 Å². The lowest BCUT2D eigenvalue weighted by molar-refractivity contribution is 0.347. The summed E-state index contributed by atoms with van der Waals surface area (Å²) in [5, 5.41) is 0. The van der Waals surface area contributed by atoms with Gasteiger partial charge in [-0.2, -0.15) is 0 Å². The molecule has 0 unspecified atom stereocenters. The van der Waals surface area contributed by atoms with Crippen LogP contribution in [0.2, 0.25) is 0 Å². The molecule has 0 fully saturated rings. The summed E-state index contributed by atoms with van der Waals surface area (Å²) in [6, 6.07) is 0. The van der Waals surface area contributed by atoms with E-state index in [0.717, 1.165) is 12.8 Å². The van der Waals surface area contributed by atoms with Gasteiger partial charge in [-0.15, -0.1) is 0 Å². The van der Waals surface area contributed by atoms with Gasteiger partial charge in [0.25, 0.3) is 0 Å². The molecule has 0 radical (unpaired) electrons. The van der Waals surface area contributed by atoms with Crippen LogP contribution in [0, 0.1) is 0 Å². The lowest BCUT2D eigenvalue weighted by Crippen LogP contribution is -2.49. The molecule has 0 saturated heterocycles. The summed E-state index contributed by atoms with van der Waals surface area (Å²) in [4.78, 5) is 0. The Balaban J connectivity index is 3.30. The normalized spacial score (nSPS) is 12.0. The first-order valence-electron chi connectivity index (χ1n) is 8.20. The number of unbranched alkanes of at least 4 members (excludes halogenated alkanes) is 9. The molecule has 0 atom stereocenters. The minimum Gasteiger partial charge on any atom is -0.313 e. The summed E-state index contributed by atoms with van der Waals surface area (Å²) in [6.07, 6.45) is 16.4. The van der Waals surface area contributed by atoms with Crippen LogP contribution in [0.15, 0.2) is 0 Å². The first-order valence-corrected chi connectivity index (χ1v) is 8.20. The van der Waals surface area contributed by atoms with Gasteiger partial charge >= 0.3 is 0 Å². The van der Waals surface area contributed by atoms with E-state index in [1.54, 1.807) is 0 Å². The van der Waals surface area contributed by atoms with Crippen LogP contribution in [-0.2, 0) is 0 Å². The highest BCUT2D eigenvalue weighted by Gasteiger charge is 2.17. The second-order valence-electron chi connectivity index (χ2n) is 5.92. The predicted octanol–water partition coefficient (Wildman–Crippen LogP) is 4.71. The maximum absolute atomic E-state index is 6.12. The lowest BCUT2D eigenvalue weighted by atomic mass is 9.96. The Hall–Kier alpha value is -0.0800. The molecule has 2 heteroatoms. The summed E-state index contributed by atoms with van der Waals surface area (Å²) < 4.78 is 0. The second kappa shape index (κ2) is 12.0. The maximum atomic E-state index is 6.12. The molecule has 0 aliphatic heterocycles. The molecule has 0 bridgehead atoms. The second-order valence-corrected chi connectivity index (χ2v) is 5.92. The molecule has 0 aromatic carbocycles. The highest BCUT2D eigenvalue weighted by Crippen LogP contribution is 2.16. The number of nitrogens with two attached hydrogens (primary N) is 2. The Bertz CT molecular complexity index is 166. The smallest absolute Gasteiger partial charge is 0.0636 e. The summed E-state index contributed by atoms with van der Waals surface area (Å²) in [5.41, 5.74) is 11.8. The Morgan fingerprint density at radius 3 is 1.39 bits per heavy atom. The van der Waals surface area contributed by atoms with Crippen molar-refractivity contribution in [3.63, 3.8) is 0 Å². The standard InChI is InChI=1S/C16H36N2/c1-3-5-7-8-9-10-11-13-15-16(17,18)14-12-6-4-2/h3-15,17-18H2,1-2H3. The van der Waals surface area contributed by atoms with E-state index in [1.165, 1.54) is 70.6 Å². The van der Waals surface area contributed by atoms with Gasteiger partial charge in [-0.05, 0) is 12.8 Å². The molecule has 0 aromatic heterocycles. The van der Waals surface area contributed by atoms with Crippen molar-refractivity contribution in [2.24, 2.45) is 11.5 Å². The molecule has 4 N–H and O–H groups in total. The van der Waals surface area contributed by atoms with Gasteiger partial charge in [0.2, 0.25) is 0 Å². The fourth-order valence-corrected chi connectivity index (χ4v) is 2.42. The van der Waals surface area contributed by atoms with Crippen LogP contribution in [0.1, 0.15) is 97.3 Å². The van der Waals surface area contributed by atoms with Gasteiger partial charge in [-0.3, -0.25) is 0 Å². The molecule has 2 nitrogen and oxygen atoms in total. The molecule has 0 aromatic rings. The molecule has 0 amide bonds. The third-order valence-electron chi connectivity index (χ3n) is 3.74. The monoisotopic (exact) mass is 256 g/mol. The average Bonchev–Trinajstić information content (AvgIpc) is 2.33. The van der Waals surface area contributed by atoms with Crippen molar-refractivity contribution < 1.29 is 0 Å². The largest absolute Gasteiger partial charge is 0.313 e. The molecule has 18 heavy (non-hydrogen) atoms. The van der Waals surface area contributed by atoms with E-state index in [-0.39, 0.29) is 0 Å². The average molecular weight is 256 g/mol. The van der Waals surface area contributed by atoms with Crippen LogP contribution >= 0.6 is 0 Å². The van der Waals surface area contributed by atoms with E-state index in [9.17, 15) is 0 Å². The fraction of sp³-hybridized carbons (Fsp3) is 1.00. The van der Waals surface area contributed by atoms with Crippen molar-refractivity contribution in [1.29, 1.82) is 0 Å². The van der Waals surface area contributed by atoms with E-state index in [0.29, 0.717) is 0 Å². The van der Waals surface area contributed by atoms with Crippen LogP contribution in [0.25, 0.3) is 0 Å². The van der Waals surface area contributed by atoms with Crippen LogP contribution in [-0.4, -0.2) is 5.66 Å². The van der Waals surface area contributed by atoms with Gasteiger partial charge in [0.05, 0.1) is 5.66 Å². The van der Waals surface area contributed by atoms with E-state index < -0.39 is 5.66 Å². The molecular weight excluding hydrogens is 220 g/mol. The van der Waals surface area contributed by atoms with Crippen molar-refractivity contribution in [3.05, 3.63) is 0 Å². The minimum atomic E-state index is -0.405. The molecule has 110 valence electrons. The van der Waals surface area contributed by atoms with Crippen LogP contribution < -0.4 is 11.5 Å². The zero-order valence-corrected chi connectivity index (χ0v) is 12.8. The van der Waals surface area contributed by atoms with Crippen molar-refractivity contribution in [1.82, 2.24) is 0 Å². The van der Waals surface area contributed by atoms with E-state index in [4.69, 9.17) is 11.5 Å². The van der Waals surface area contributed by atoms with Gasteiger partial charge in [0.1, 0.15) is 0 Å². The third kappa shape index (κ3) is 12.4. The van der Waals surface area contributed by atoms with E-state index in [1.807, 2.05) is 0 Å². The summed E-state index contributed by atoms with van der Waals surface area (Å²) in [5.74, 6) is 0. The minimum absolute atomic E-state index is 0.405. The first kappa shape index (κ1) is 17.9. The van der Waals surface area contributed by atoms with E-state index >= 15 is 0 Å². The topological polar surface area (TPSA) is 52.0 Å². The van der Waals surface area contributed by atoms with Gasteiger partial charge < -0.3 is 11.5 Å². The molecule has 0 aliphatic rings. The Labute approximate surface area is 115 Å². The number of rotatable bonds is 13. The third-order valence-corrected chi connectivity index (χ3v) is 3.74. The van der Waals surface area contributed by atoms with Crippen LogP contribution in [0.4, 0.5) is 0 Å². The molecule has 0 aliphatic carbocycles. The Morgan fingerprint density at radius 1 is 0.556 bits per heavy atom. The number of hydrogen-bond acceptors (Lipinski definition) is 2. The molecule has 0 heterocycles. The maximum Gasteiger partial charge on any atom is 0.0636 e. The van der Waals surface area contributed by atoms with Crippen molar-refractivity contribution in [3.8, 4) is 0 Å². The zero-order chi connectivity index (χ0) is 13.7. The SMILES string of the molecule is CCCCCCCCCCC(N)(N)CCCCC. The van der Waals surface area contributed by atoms with Crippen molar-refractivity contribution >= 4 is 0 Å². The molecular formula is C16H36N2. The van der Waals surface area contributed by atoms with Crippen LogP contribution in [0.3, 0.4) is 0 Å². The fourth-order valence-electron chi connectivity index (χ4n) is 2.42. The molecule has 0 spiro atoms. The Morgan fingerprint density at radius 2 is 0.889 bits per heavy atom. The quantitative estimate of drug-likeness (QED) is 0.370. The lowest BCUT2D eigenvalue weighted by Gasteiger charge is -2.24. The highest BCUT2D eigenvalue weighted by atomic mass is 14.9. The summed E-state index contributed by atoms with van der Waals surface area (Å²) >= 11 is 0. The van der Waals surface area contributed by atoms with Gasteiger partial charge in [0.15, 0.2) is 0 Å². The predicted molar refractivity (Wildman–Crippen MR) is 82.5 cm³/mol. The molecule has 0 rings (SSSR count). The van der Waals surface area contributed by atoms with Gasteiger partial charge in [-0.1, -0.05) is 84.5 Å². The first-order chi connectivity index (χ1) is 8.62. The zero-order valence-electron chi connectivity index (χ0n) is 12.8. The van der Waals surface area contributed by atoms with Crippen molar-refractivity contribution in [2.45, 2.75) is 103 Å². The summed E-state index contributed by atoms with van der Waals surface area (Å²) in [7, 11) is 0. The number of hydrogen-bond donors (Lipinski definition) is 2. The Kier molecular flexibility index (Phi) is 11.9. The van der Waals surface area contributed by atoms with Gasteiger partial charge in [-0.25, -0.2) is 0 Å². The highest BCUT2D eigenvalue weighted by molar-refractivity contribution is 4.76. The van der Waals surface area contributed by atoms with Gasteiger partial charge in [0, 0.05) is 0 Å². The van der Waals surface area contributed by atoms with E-state index in [2.05, 4.69) is 13.8 Å². The van der Waals surface area contributed by atoms with Crippen LogP contribution in [0.5, 0.6) is 0 Å². The summed E-state index contributed by atoms with van der Waals surface area (Å²) in [6.45, 7) is 4.48. The molecule has 0 saturated carbocycles.